The summed E-state index contributed by atoms with van der Waals surface area (Å²) in [5.41, 5.74) is 5.15. The summed E-state index contributed by atoms with van der Waals surface area (Å²) < 4.78 is 6.10. The lowest BCUT2D eigenvalue weighted by Crippen LogP contribution is -2.62. The zero-order valence-electron chi connectivity index (χ0n) is 33.6. The van der Waals surface area contributed by atoms with E-state index in [9.17, 15) is 19.5 Å². The van der Waals surface area contributed by atoms with E-state index in [2.05, 4.69) is 36.7 Å². The molecule has 296 valence electrons. The number of carbonyl (C=O) groups excluding carboxylic acids is 3. The van der Waals surface area contributed by atoms with Crippen molar-refractivity contribution in [2.45, 2.75) is 84.7 Å². The van der Waals surface area contributed by atoms with Crippen LogP contribution in [0.5, 0.6) is 5.75 Å². The van der Waals surface area contributed by atoms with E-state index < -0.39 is 24.2 Å². The number of ether oxygens (including phenoxy) is 1. The number of amides is 3. The van der Waals surface area contributed by atoms with Crippen molar-refractivity contribution in [1.29, 1.82) is 0 Å². The van der Waals surface area contributed by atoms with Crippen molar-refractivity contribution in [3.05, 3.63) is 83.4 Å². The standard InChI is InChI=1S/C44H59N5O6/c1-26-36-22-33(44(36,4)5)23-37(26)47-43(53)40-39(27(2)50)38(24-46-28(3)51)55-49(40)25-30-15-12-16-35(41(30)54-8)31-19-32(21-34(20-31)48(6)7)42(52)45-18-17-29-13-10-9-11-14-29/h9-16,19-21,26-27,33,36-40,50H,17-18,22-25H2,1-8H3,(H,45,52)(H,46,51)(H,47,53)/t26-,27-,33+,36-,37-,38-,39+,40-/m0/s1. The molecule has 8 atom stereocenters. The molecule has 3 aromatic carbocycles. The van der Waals surface area contributed by atoms with Crippen molar-refractivity contribution in [2.75, 3.05) is 39.2 Å². The van der Waals surface area contributed by atoms with E-state index in [0.717, 1.165) is 40.8 Å². The summed E-state index contributed by atoms with van der Waals surface area (Å²) in [5.74, 6) is 0.834. The number of methoxy groups -OCH3 is 1. The third-order valence-corrected chi connectivity index (χ3v) is 12.6. The summed E-state index contributed by atoms with van der Waals surface area (Å²) >= 11 is 0. The number of aliphatic hydroxyl groups is 1. The van der Waals surface area contributed by atoms with Crippen LogP contribution in [-0.4, -0.2) is 86.5 Å². The quantitative estimate of drug-likeness (QED) is 0.177. The van der Waals surface area contributed by atoms with Crippen LogP contribution in [0.15, 0.2) is 66.7 Å². The molecular weight excluding hydrogens is 695 g/mol. The minimum atomic E-state index is -0.894. The number of hydroxylamine groups is 2. The predicted octanol–water partition coefficient (Wildman–Crippen LogP) is 5.21. The number of carbonyl (C=O) groups is 3. The van der Waals surface area contributed by atoms with Gasteiger partial charge in [-0.05, 0) is 78.7 Å². The van der Waals surface area contributed by atoms with Crippen molar-refractivity contribution in [1.82, 2.24) is 21.0 Å². The van der Waals surface area contributed by atoms with Gasteiger partial charge < -0.3 is 30.7 Å². The van der Waals surface area contributed by atoms with Gasteiger partial charge in [0.1, 0.15) is 17.9 Å². The number of anilines is 1. The molecule has 7 rings (SSSR count). The Labute approximate surface area is 326 Å². The summed E-state index contributed by atoms with van der Waals surface area (Å²) in [7, 11) is 5.49. The first kappa shape index (κ1) is 40.2. The molecule has 0 unspecified atom stereocenters. The van der Waals surface area contributed by atoms with Crippen LogP contribution in [-0.2, 0) is 27.4 Å². The van der Waals surface area contributed by atoms with Crippen LogP contribution < -0.4 is 25.6 Å². The molecule has 55 heavy (non-hydrogen) atoms. The highest BCUT2D eigenvalue weighted by atomic mass is 16.7. The van der Waals surface area contributed by atoms with Crippen LogP contribution in [0.4, 0.5) is 5.69 Å². The second kappa shape index (κ2) is 16.7. The largest absolute Gasteiger partial charge is 0.496 e. The first-order valence-corrected chi connectivity index (χ1v) is 19.7. The number of aliphatic hydroxyl groups excluding tert-OH is 1. The molecule has 1 heterocycles. The molecule has 0 aromatic heterocycles. The van der Waals surface area contributed by atoms with Crippen molar-refractivity contribution in [2.24, 2.45) is 29.1 Å². The number of para-hydroxylation sites is 1. The molecule has 1 saturated heterocycles. The Morgan fingerprint density at radius 2 is 1.78 bits per heavy atom. The van der Waals surface area contributed by atoms with Crippen LogP contribution in [0.3, 0.4) is 0 Å². The van der Waals surface area contributed by atoms with Gasteiger partial charge in [0, 0.05) is 68.4 Å². The lowest BCUT2D eigenvalue weighted by atomic mass is 9.45. The molecule has 3 aromatic rings. The zero-order valence-corrected chi connectivity index (χ0v) is 33.6. The maximum Gasteiger partial charge on any atom is 0.251 e. The van der Waals surface area contributed by atoms with Crippen LogP contribution >= 0.6 is 0 Å². The van der Waals surface area contributed by atoms with Crippen molar-refractivity contribution in [3.63, 3.8) is 0 Å². The second-order valence-electron chi connectivity index (χ2n) is 16.6. The highest BCUT2D eigenvalue weighted by molar-refractivity contribution is 5.97. The van der Waals surface area contributed by atoms with E-state index in [1.807, 2.05) is 85.7 Å². The van der Waals surface area contributed by atoms with Crippen LogP contribution in [0.1, 0.15) is 68.9 Å². The molecule has 3 saturated carbocycles. The van der Waals surface area contributed by atoms with E-state index in [-0.39, 0.29) is 42.3 Å². The summed E-state index contributed by atoms with van der Waals surface area (Å²) in [6.07, 6.45) is 1.32. The monoisotopic (exact) mass is 753 g/mol. The minimum absolute atomic E-state index is 0.0294. The molecule has 1 aliphatic heterocycles. The number of nitrogens with one attached hydrogen (secondary N) is 3. The Morgan fingerprint density at radius 3 is 2.42 bits per heavy atom. The molecule has 3 aliphatic carbocycles. The van der Waals surface area contributed by atoms with Gasteiger partial charge in [0.15, 0.2) is 0 Å². The van der Waals surface area contributed by atoms with E-state index in [0.29, 0.717) is 35.6 Å². The fourth-order valence-corrected chi connectivity index (χ4v) is 9.32. The molecule has 0 radical (unpaired) electrons. The maximum atomic E-state index is 14.4. The topological polar surface area (TPSA) is 132 Å². The summed E-state index contributed by atoms with van der Waals surface area (Å²) in [5, 5.41) is 22.1. The third-order valence-electron chi connectivity index (χ3n) is 12.6. The van der Waals surface area contributed by atoms with Crippen molar-refractivity contribution in [3.8, 4) is 16.9 Å². The average molecular weight is 754 g/mol. The SMILES string of the molecule is COc1c(CN2O[C@@H](CNC(C)=O)[C@@H]([C@H](C)O)[C@H]2C(=O)N[C@H]2C[C@H]3C[C@@H]([C@@H]2C)C3(C)C)cccc1-c1cc(C(=O)NCCc2ccccc2)cc(N(C)C)c1. The number of rotatable bonds is 14. The fourth-order valence-electron chi connectivity index (χ4n) is 9.32. The number of hydrogen-bond acceptors (Lipinski definition) is 8. The molecule has 4 fully saturated rings. The molecule has 2 bridgehead atoms. The molecule has 0 spiro atoms. The smallest absolute Gasteiger partial charge is 0.251 e. The molecule has 4 N–H and O–H groups in total. The molecule has 3 amide bonds. The third kappa shape index (κ3) is 8.54. The number of hydrogen-bond donors (Lipinski definition) is 4. The zero-order chi connectivity index (χ0) is 39.6. The lowest BCUT2D eigenvalue weighted by molar-refractivity contribution is -0.177. The first-order valence-electron chi connectivity index (χ1n) is 19.7. The van der Waals surface area contributed by atoms with Gasteiger partial charge in [-0.3, -0.25) is 19.2 Å². The molecule has 11 nitrogen and oxygen atoms in total. The Bertz CT molecular complexity index is 1850. The van der Waals surface area contributed by atoms with Crippen molar-refractivity contribution < 1.29 is 29.1 Å². The van der Waals surface area contributed by atoms with Gasteiger partial charge in [0.05, 0.1) is 19.8 Å². The average Bonchev–Trinajstić information content (AvgIpc) is 3.52. The van der Waals surface area contributed by atoms with Gasteiger partial charge in [-0.15, -0.1) is 0 Å². The number of benzene rings is 3. The Hall–Kier alpha value is -4.45. The van der Waals surface area contributed by atoms with Crippen molar-refractivity contribution >= 4 is 23.4 Å². The summed E-state index contributed by atoms with van der Waals surface area (Å²) in [6, 6.07) is 20.9. The van der Waals surface area contributed by atoms with Gasteiger partial charge in [0.25, 0.3) is 5.91 Å². The highest BCUT2D eigenvalue weighted by Crippen LogP contribution is 2.61. The van der Waals surface area contributed by atoms with Gasteiger partial charge in [-0.1, -0.05) is 69.3 Å². The summed E-state index contributed by atoms with van der Waals surface area (Å²) in [4.78, 5) is 48.4. The van der Waals surface area contributed by atoms with E-state index in [1.54, 1.807) is 19.1 Å². The first-order chi connectivity index (χ1) is 26.2. The summed E-state index contributed by atoms with van der Waals surface area (Å²) in [6.45, 7) is 10.8. The second-order valence-corrected chi connectivity index (χ2v) is 16.6. The maximum absolute atomic E-state index is 14.4. The molecule has 11 heteroatoms. The Balaban J connectivity index is 1.28. The van der Waals surface area contributed by atoms with Gasteiger partial charge >= 0.3 is 0 Å². The molecular formula is C44H59N5O6. The number of nitrogens with zero attached hydrogens (tertiary/aromatic N) is 2. The highest BCUT2D eigenvalue weighted by Gasteiger charge is 2.57. The normalized spacial score (nSPS) is 26.0. The van der Waals surface area contributed by atoms with Gasteiger partial charge in [-0.25, -0.2) is 0 Å². The van der Waals surface area contributed by atoms with E-state index >= 15 is 0 Å². The van der Waals surface area contributed by atoms with Gasteiger partial charge in [0.2, 0.25) is 11.8 Å². The van der Waals surface area contributed by atoms with E-state index in [4.69, 9.17) is 9.57 Å². The van der Waals surface area contributed by atoms with Gasteiger partial charge in [-0.2, -0.15) is 5.06 Å². The fraction of sp³-hybridized carbons (Fsp3) is 0.523. The Morgan fingerprint density at radius 1 is 1.04 bits per heavy atom. The van der Waals surface area contributed by atoms with Crippen LogP contribution in [0, 0.1) is 29.1 Å². The van der Waals surface area contributed by atoms with Crippen LogP contribution in [0.25, 0.3) is 11.1 Å². The number of fused-ring (bicyclic) bond motifs is 2. The minimum Gasteiger partial charge on any atom is -0.496 e. The Kier molecular flexibility index (Phi) is 12.2. The van der Waals surface area contributed by atoms with E-state index in [1.165, 1.54) is 13.3 Å². The predicted molar refractivity (Wildman–Crippen MR) is 214 cm³/mol. The van der Waals surface area contributed by atoms with Crippen LogP contribution in [0.2, 0.25) is 0 Å². The molecule has 4 aliphatic rings. The lowest BCUT2D eigenvalue weighted by Gasteiger charge is -2.62.